The van der Waals surface area contributed by atoms with Crippen molar-refractivity contribution in [3.63, 3.8) is 0 Å². The van der Waals surface area contributed by atoms with E-state index >= 15 is 0 Å². The number of para-hydroxylation sites is 1. The number of carbonyl (C=O) groups excluding carboxylic acids is 1. The molecule has 3 nitrogen and oxygen atoms in total. The van der Waals surface area contributed by atoms with Crippen molar-refractivity contribution in [1.82, 2.24) is 4.98 Å². The summed E-state index contributed by atoms with van der Waals surface area (Å²) in [6.07, 6.45) is 3.45. The Hall–Kier alpha value is -1.81. The molecule has 1 aliphatic rings. The van der Waals surface area contributed by atoms with Crippen LogP contribution in [0.4, 0.5) is 5.69 Å². The number of hydrogen-bond acceptors (Lipinski definition) is 3. The van der Waals surface area contributed by atoms with Gasteiger partial charge in [0.1, 0.15) is 5.25 Å². The van der Waals surface area contributed by atoms with E-state index in [1.165, 1.54) is 0 Å². The van der Waals surface area contributed by atoms with E-state index in [1.54, 1.807) is 29.1 Å². The lowest BCUT2D eigenvalue weighted by Crippen LogP contribution is -2.33. The topological polar surface area (TPSA) is 33.2 Å². The first-order chi connectivity index (χ1) is 8.77. The van der Waals surface area contributed by atoms with Crippen LogP contribution in [0.25, 0.3) is 0 Å². The molecular weight excluding hydrogens is 244 g/mol. The van der Waals surface area contributed by atoms with E-state index in [-0.39, 0.29) is 11.2 Å². The van der Waals surface area contributed by atoms with Gasteiger partial charge in [0.05, 0.1) is 5.69 Å². The molecule has 0 saturated heterocycles. The van der Waals surface area contributed by atoms with E-state index in [0.717, 1.165) is 16.1 Å². The lowest BCUT2D eigenvalue weighted by atomic mass is 10.1. The Labute approximate surface area is 110 Å². The molecule has 1 aliphatic heterocycles. The van der Waals surface area contributed by atoms with Crippen LogP contribution < -0.4 is 4.90 Å². The van der Waals surface area contributed by atoms with Crippen LogP contribution in [0.5, 0.6) is 0 Å². The number of aromatic nitrogens is 1. The van der Waals surface area contributed by atoms with Crippen LogP contribution in [0.15, 0.2) is 53.7 Å². The van der Waals surface area contributed by atoms with Gasteiger partial charge in [-0.2, -0.15) is 0 Å². The highest BCUT2D eigenvalue weighted by atomic mass is 32.2. The third kappa shape index (κ3) is 1.78. The van der Waals surface area contributed by atoms with Gasteiger partial charge in [-0.3, -0.25) is 9.78 Å². The van der Waals surface area contributed by atoms with Crippen LogP contribution in [-0.2, 0) is 4.79 Å². The summed E-state index contributed by atoms with van der Waals surface area (Å²) >= 11 is 1.60. The van der Waals surface area contributed by atoms with Gasteiger partial charge in [-0.15, -0.1) is 11.8 Å². The Bertz CT molecular complexity index is 585. The summed E-state index contributed by atoms with van der Waals surface area (Å²) in [6.45, 7) is 0. The molecule has 0 radical (unpaired) electrons. The molecule has 0 fully saturated rings. The van der Waals surface area contributed by atoms with E-state index in [2.05, 4.69) is 11.1 Å². The second-order valence-corrected chi connectivity index (χ2v) is 5.29. The van der Waals surface area contributed by atoms with Crippen LogP contribution in [0, 0.1) is 0 Å². The first-order valence-electron chi connectivity index (χ1n) is 5.70. The van der Waals surface area contributed by atoms with Crippen LogP contribution in [0.3, 0.4) is 0 Å². The molecule has 4 heteroatoms. The van der Waals surface area contributed by atoms with Gasteiger partial charge in [-0.1, -0.05) is 12.1 Å². The van der Waals surface area contributed by atoms with Gasteiger partial charge in [0.25, 0.3) is 0 Å². The number of nitrogens with zero attached hydrogens (tertiary/aromatic N) is 2. The number of hydrogen-bond donors (Lipinski definition) is 0. The Morgan fingerprint density at radius 1 is 1.17 bits per heavy atom. The number of amides is 1. The summed E-state index contributed by atoms with van der Waals surface area (Å²) in [4.78, 5) is 19.2. The smallest absolute Gasteiger partial charge is 0.244 e. The molecule has 1 atom stereocenters. The molecule has 90 valence electrons. The summed E-state index contributed by atoms with van der Waals surface area (Å²) in [5.74, 6) is 0.116. The predicted molar refractivity (Wildman–Crippen MR) is 72.7 cm³/mol. The quantitative estimate of drug-likeness (QED) is 0.786. The molecule has 1 aromatic heterocycles. The second-order valence-electron chi connectivity index (χ2n) is 4.14. The van der Waals surface area contributed by atoms with Gasteiger partial charge in [-0.05, 0) is 29.8 Å². The number of fused-ring (bicyclic) bond motifs is 1. The number of pyridine rings is 1. The fourth-order valence-corrected chi connectivity index (χ4v) is 3.34. The first-order valence-corrected chi connectivity index (χ1v) is 6.58. The highest BCUT2D eigenvalue weighted by Gasteiger charge is 2.32. The SMILES string of the molecule is CN1C(=O)C(c2ccncc2)Sc2ccccc21. The monoisotopic (exact) mass is 256 g/mol. The molecular formula is C14H12N2OS. The van der Waals surface area contributed by atoms with Crippen molar-refractivity contribution in [2.24, 2.45) is 0 Å². The highest BCUT2D eigenvalue weighted by Crippen LogP contribution is 2.45. The zero-order valence-corrected chi connectivity index (χ0v) is 10.7. The van der Waals surface area contributed by atoms with Gasteiger partial charge in [0.2, 0.25) is 5.91 Å². The molecule has 0 N–H and O–H groups in total. The van der Waals surface area contributed by atoms with Crippen LogP contribution in [-0.4, -0.2) is 17.9 Å². The van der Waals surface area contributed by atoms with E-state index in [1.807, 2.05) is 37.4 Å². The van der Waals surface area contributed by atoms with E-state index in [4.69, 9.17) is 0 Å². The molecule has 18 heavy (non-hydrogen) atoms. The zero-order chi connectivity index (χ0) is 12.5. The maximum atomic E-state index is 12.4. The standard InChI is InChI=1S/C14H12N2OS/c1-16-11-4-2-3-5-12(11)18-13(14(16)17)10-6-8-15-9-7-10/h2-9,13H,1H3. The molecule has 1 aromatic carbocycles. The van der Waals surface area contributed by atoms with E-state index in [9.17, 15) is 4.79 Å². The average molecular weight is 256 g/mol. The largest absolute Gasteiger partial charge is 0.313 e. The summed E-state index contributed by atoms with van der Waals surface area (Å²) in [6, 6.07) is 11.8. The van der Waals surface area contributed by atoms with Gasteiger partial charge in [0.15, 0.2) is 0 Å². The first kappa shape index (κ1) is 11.3. The van der Waals surface area contributed by atoms with E-state index in [0.29, 0.717) is 0 Å². The van der Waals surface area contributed by atoms with Gasteiger partial charge < -0.3 is 4.90 Å². The fourth-order valence-electron chi connectivity index (χ4n) is 2.05. The zero-order valence-electron chi connectivity index (χ0n) is 9.91. The molecule has 3 rings (SSSR count). The van der Waals surface area contributed by atoms with Crippen LogP contribution in [0.1, 0.15) is 10.8 Å². The van der Waals surface area contributed by atoms with Crippen molar-refractivity contribution in [3.8, 4) is 0 Å². The maximum Gasteiger partial charge on any atom is 0.244 e. The summed E-state index contributed by atoms with van der Waals surface area (Å²) in [5.41, 5.74) is 1.99. The maximum absolute atomic E-state index is 12.4. The summed E-state index contributed by atoms with van der Waals surface area (Å²) in [7, 11) is 1.83. The number of rotatable bonds is 1. The summed E-state index contributed by atoms with van der Waals surface area (Å²) < 4.78 is 0. The Morgan fingerprint density at radius 3 is 2.67 bits per heavy atom. The molecule has 2 heterocycles. The molecule has 0 saturated carbocycles. The number of thioether (sulfide) groups is 1. The minimum absolute atomic E-state index is 0.116. The molecule has 0 spiro atoms. The normalized spacial score (nSPS) is 18.6. The predicted octanol–water partition coefficient (Wildman–Crippen LogP) is 2.89. The van der Waals surface area contributed by atoms with Crippen LogP contribution in [0.2, 0.25) is 0 Å². The highest BCUT2D eigenvalue weighted by molar-refractivity contribution is 8.00. The van der Waals surface area contributed by atoms with Crippen molar-refractivity contribution < 1.29 is 4.79 Å². The molecule has 1 amide bonds. The third-order valence-corrected chi connectivity index (χ3v) is 4.34. The minimum atomic E-state index is -0.173. The number of benzene rings is 1. The Kier molecular flexibility index (Phi) is 2.80. The average Bonchev–Trinajstić information content (AvgIpc) is 2.44. The lowest BCUT2D eigenvalue weighted by molar-refractivity contribution is -0.118. The molecule has 0 aliphatic carbocycles. The molecule has 2 aromatic rings. The lowest BCUT2D eigenvalue weighted by Gasteiger charge is -2.31. The van der Waals surface area contributed by atoms with Gasteiger partial charge >= 0.3 is 0 Å². The Morgan fingerprint density at radius 2 is 1.89 bits per heavy atom. The number of likely N-dealkylation sites (N-methyl/N-ethyl adjacent to an activating group) is 1. The third-order valence-electron chi connectivity index (χ3n) is 3.04. The van der Waals surface area contributed by atoms with Gasteiger partial charge in [-0.25, -0.2) is 0 Å². The molecule has 0 bridgehead atoms. The van der Waals surface area contributed by atoms with E-state index < -0.39 is 0 Å². The number of anilines is 1. The molecule has 1 unspecified atom stereocenters. The van der Waals surface area contributed by atoms with Crippen molar-refractivity contribution in [1.29, 1.82) is 0 Å². The second kappa shape index (κ2) is 4.46. The van der Waals surface area contributed by atoms with Crippen molar-refractivity contribution in [3.05, 3.63) is 54.4 Å². The van der Waals surface area contributed by atoms with Crippen molar-refractivity contribution in [2.45, 2.75) is 10.1 Å². The van der Waals surface area contributed by atoms with Crippen molar-refractivity contribution in [2.75, 3.05) is 11.9 Å². The number of carbonyl (C=O) groups is 1. The fraction of sp³-hybridized carbons (Fsp3) is 0.143. The Balaban J connectivity index is 2.04. The van der Waals surface area contributed by atoms with Crippen molar-refractivity contribution >= 4 is 23.4 Å². The van der Waals surface area contributed by atoms with Gasteiger partial charge in [0, 0.05) is 24.3 Å². The minimum Gasteiger partial charge on any atom is -0.313 e. The summed E-state index contributed by atoms with van der Waals surface area (Å²) in [5, 5.41) is -0.173. The van der Waals surface area contributed by atoms with Crippen LogP contribution >= 0.6 is 11.8 Å².